The molecule has 2 nitrogen and oxygen atoms in total. The molecule has 3 rings (SSSR count). The van der Waals surface area contributed by atoms with Crippen molar-refractivity contribution in [3.63, 3.8) is 0 Å². The monoisotopic (exact) mass is 370 g/mol. The van der Waals surface area contributed by atoms with E-state index >= 15 is 0 Å². The van der Waals surface area contributed by atoms with Crippen molar-refractivity contribution in [1.29, 1.82) is 0 Å². The van der Waals surface area contributed by atoms with Gasteiger partial charge in [-0.05, 0) is 42.0 Å². The number of ether oxygens (including phenoxy) is 1. The standard InChI is InChI=1S/C15H9BrCl2O2/c16-9-1-2-14-12(5-9)13(19)7-15(20-14)8-3-10(17)6-11(18)4-8/h1-6,15H,7H2. The molecule has 2 aromatic rings. The zero-order valence-corrected chi connectivity index (χ0v) is 13.3. The Bertz CT molecular complexity index is 680. The molecule has 0 fully saturated rings. The quantitative estimate of drug-likeness (QED) is 0.665. The van der Waals surface area contributed by atoms with Crippen LogP contribution in [0.1, 0.15) is 28.4 Å². The number of carbonyl (C=O) groups excluding carboxylic acids is 1. The number of Topliss-reactive ketones (excluding diaryl/α,β-unsaturated/α-hetero) is 1. The van der Waals surface area contributed by atoms with E-state index in [4.69, 9.17) is 27.9 Å². The molecule has 102 valence electrons. The molecule has 5 heteroatoms. The largest absolute Gasteiger partial charge is 0.484 e. The highest BCUT2D eigenvalue weighted by Crippen LogP contribution is 2.37. The van der Waals surface area contributed by atoms with Gasteiger partial charge in [0.05, 0.1) is 12.0 Å². The highest BCUT2D eigenvalue weighted by molar-refractivity contribution is 9.10. The van der Waals surface area contributed by atoms with Gasteiger partial charge in [0.2, 0.25) is 0 Å². The average Bonchev–Trinajstić information content (AvgIpc) is 2.38. The van der Waals surface area contributed by atoms with Crippen molar-refractivity contribution in [2.75, 3.05) is 0 Å². The molecule has 1 aliphatic rings. The maximum Gasteiger partial charge on any atom is 0.170 e. The summed E-state index contributed by atoms with van der Waals surface area (Å²) in [4.78, 5) is 12.2. The topological polar surface area (TPSA) is 26.3 Å². The second-order valence-corrected chi connectivity index (χ2v) is 6.37. The first-order valence-electron chi connectivity index (χ1n) is 5.98. The van der Waals surface area contributed by atoms with Crippen molar-refractivity contribution in [2.24, 2.45) is 0 Å². The van der Waals surface area contributed by atoms with Crippen molar-refractivity contribution in [2.45, 2.75) is 12.5 Å². The fourth-order valence-electron chi connectivity index (χ4n) is 2.24. The molecule has 1 heterocycles. The summed E-state index contributed by atoms with van der Waals surface area (Å²) in [6.07, 6.45) is -0.0764. The molecule has 0 saturated heterocycles. The van der Waals surface area contributed by atoms with Gasteiger partial charge in [0.25, 0.3) is 0 Å². The smallest absolute Gasteiger partial charge is 0.170 e. The van der Waals surface area contributed by atoms with Crippen molar-refractivity contribution in [1.82, 2.24) is 0 Å². The fourth-order valence-corrected chi connectivity index (χ4v) is 3.15. The lowest BCUT2D eigenvalue weighted by Gasteiger charge is -2.26. The van der Waals surface area contributed by atoms with E-state index in [0.717, 1.165) is 10.0 Å². The normalized spacial score (nSPS) is 17.6. The number of benzene rings is 2. The lowest BCUT2D eigenvalue weighted by atomic mass is 9.96. The van der Waals surface area contributed by atoms with E-state index in [0.29, 0.717) is 21.4 Å². The number of rotatable bonds is 1. The van der Waals surface area contributed by atoms with Gasteiger partial charge in [0.1, 0.15) is 11.9 Å². The van der Waals surface area contributed by atoms with Gasteiger partial charge in [-0.2, -0.15) is 0 Å². The highest BCUT2D eigenvalue weighted by atomic mass is 79.9. The van der Waals surface area contributed by atoms with Gasteiger partial charge in [-0.1, -0.05) is 39.1 Å². The number of carbonyl (C=O) groups is 1. The van der Waals surface area contributed by atoms with Crippen molar-refractivity contribution < 1.29 is 9.53 Å². The second-order valence-electron chi connectivity index (χ2n) is 4.58. The minimum absolute atomic E-state index is 0.0497. The van der Waals surface area contributed by atoms with Crippen LogP contribution in [0.3, 0.4) is 0 Å². The zero-order valence-electron chi connectivity index (χ0n) is 10.2. The van der Waals surface area contributed by atoms with E-state index in [1.165, 1.54) is 0 Å². The lowest BCUT2D eigenvalue weighted by molar-refractivity contribution is 0.0850. The molecule has 1 aliphatic heterocycles. The molecule has 1 unspecified atom stereocenters. The van der Waals surface area contributed by atoms with Crippen molar-refractivity contribution in [3.05, 3.63) is 62.0 Å². The molecule has 0 aliphatic carbocycles. The molecule has 0 bridgehead atoms. The van der Waals surface area contributed by atoms with Crippen LogP contribution < -0.4 is 4.74 Å². The van der Waals surface area contributed by atoms with Crippen LogP contribution in [0, 0.1) is 0 Å². The molecule has 1 atom stereocenters. The Hall–Kier alpha value is -1.03. The number of hydrogen-bond donors (Lipinski definition) is 0. The number of halogens is 3. The Morgan fingerprint density at radius 3 is 2.50 bits per heavy atom. The third-order valence-electron chi connectivity index (χ3n) is 3.14. The van der Waals surface area contributed by atoms with Crippen molar-refractivity contribution in [3.8, 4) is 5.75 Å². The summed E-state index contributed by atoms with van der Waals surface area (Å²) in [5.41, 5.74) is 1.41. The predicted octanol–water partition coefficient (Wildman–Crippen LogP) is 5.46. The molecule has 2 aromatic carbocycles. The minimum Gasteiger partial charge on any atom is -0.484 e. The summed E-state index contributed by atoms with van der Waals surface area (Å²) >= 11 is 15.3. The van der Waals surface area contributed by atoms with E-state index in [1.54, 1.807) is 30.3 Å². The molecule has 0 amide bonds. The first-order chi connectivity index (χ1) is 9.52. The van der Waals surface area contributed by atoms with Crippen molar-refractivity contribution >= 4 is 44.9 Å². The second kappa shape index (κ2) is 5.40. The average molecular weight is 372 g/mol. The van der Waals surface area contributed by atoms with E-state index in [-0.39, 0.29) is 18.3 Å². The van der Waals surface area contributed by atoms with Crippen LogP contribution in [0.5, 0.6) is 5.75 Å². The highest BCUT2D eigenvalue weighted by Gasteiger charge is 2.28. The third kappa shape index (κ3) is 2.71. The summed E-state index contributed by atoms with van der Waals surface area (Å²) in [6, 6.07) is 10.6. The Morgan fingerprint density at radius 1 is 1.10 bits per heavy atom. The molecule has 0 saturated carbocycles. The van der Waals surface area contributed by atoms with E-state index in [9.17, 15) is 4.79 Å². The summed E-state index contributed by atoms with van der Waals surface area (Å²) < 4.78 is 6.75. The van der Waals surface area contributed by atoms with Crippen LogP contribution in [-0.4, -0.2) is 5.78 Å². The Balaban J connectivity index is 1.99. The maximum absolute atomic E-state index is 12.2. The summed E-state index contributed by atoms with van der Waals surface area (Å²) in [5, 5.41) is 1.07. The molecule has 0 spiro atoms. The number of hydrogen-bond acceptors (Lipinski definition) is 2. The van der Waals surface area contributed by atoms with Crippen LogP contribution >= 0.6 is 39.1 Å². The van der Waals surface area contributed by atoms with Gasteiger partial charge in [-0.3, -0.25) is 4.79 Å². The van der Waals surface area contributed by atoms with Gasteiger partial charge < -0.3 is 4.74 Å². The molecule has 0 N–H and O–H groups in total. The van der Waals surface area contributed by atoms with Gasteiger partial charge >= 0.3 is 0 Å². The van der Waals surface area contributed by atoms with Gasteiger partial charge in [-0.25, -0.2) is 0 Å². The molecular formula is C15H9BrCl2O2. The molecule has 0 radical (unpaired) electrons. The van der Waals surface area contributed by atoms with E-state index in [1.807, 2.05) is 6.07 Å². The first kappa shape index (κ1) is 13.9. The van der Waals surface area contributed by atoms with Gasteiger partial charge in [0.15, 0.2) is 5.78 Å². The Kier molecular flexibility index (Phi) is 3.76. The van der Waals surface area contributed by atoms with Crippen LogP contribution in [0.2, 0.25) is 10.0 Å². The predicted molar refractivity (Wildman–Crippen MR) is 82.9 cm³/mol. The summed E-state index contributed by atoms with van der Waals surface area (Å²) in [7, 11) is 0. The molecule has 0 aromatic heterocycles. The van der Waals surface area contributed by atoms with Crippen LogP contribution in [0.4, 0.5) is 0 Å². The summed E-state index contributed by atoms with van der Waals surface area (Å²) in [5.74, 6) is 0.638. The zero-order chi connectivity index (χ0) is 14.3. The SMILES string of the molecule is O=C1CC(c2cc(Cl)cc(Cl)c2)Oc2ccc(Br)cc21. The molecule has 20 heavy (non-hydrogen) atoms. The molecular weight excluding hydrogens is 363 g/mol. The third-order valence-corrected chi connectivity index (χ3v) is 4.07. The lowest BCUT2D eigenvalue weighted by Crippen LogP contribution is -2.20. The Morgan fingerprint density at radius 2 is 1.80 bits per heavy atom. The van der Waals surface area contributed by atoms with Gasteiger partial charge in [-0.15, -0.1) is 0 Å². The Labute approximate surface area is 134 Å². The maximum atomic E-state index is 12.2. The first-order valence-corrected chi connectivity index (χ1v) is 7.53. The summed E-state index contributed by atoms with van der Waals surface area (Å²) in [6.45, 7) is 0. The fraction of sp³-hybridized carbons (Fsp3) is 0.133. The van der Waals surface area contributed by atoms with Crippen LogP contribution in [-0.2, 0) is 0 Å². The van der Waals surface area contributed by atoms with E-state index in [2.05, 4.69) is 15.9 Å². The minimum atomic E-state index is -0.354. The number of fused-ring (bicyclic) bond motifs is 1. The van der Waals surface area contributed by atoms with Crippen LogP contribution in [0.25, 0.3) is 0 Å². The van der Waals surface area contributed by atoms with Gasteiger partial charge in [0, 0.05) is 14.5 Å². The van der Waals surface area contributed by atoms with Crippen LogP contribution in [0.15, 0.2) is 40.9 Å². The number of ketones is 1. The van der Waals surface area contributed by atoms with E-state index < -0.39 is 0 Å².